The van der Waals surface area contributed by atoms with E-state index in [9.17, 15) is 9.90 Å². The smallest absolute Gasteiger partial charge is 0.326 e. The van der Waals surface area contributed by atoms with E-state index in [0.717, 1.165) is 41.2 Å². The molecule has 0 fully saturated rings. The van der Waals surface area contributed by atoms with Crippen molar-refractivity contribution in [3.8, 4) is 11.3 Å². The van der Waals surface area contributed by atoms with Gasteiger partial charge in [0.25, 0.3) is 0 Å². The zero-order valence-corrected chi connectivity index (χ0v) is 14.3. The molecule has 7 heteroatoms. The van der Waals surface area contributed by atoms with E-state index >= 15 is 0 Å². The number of aromatic nitrogens is 2. The van der Waals surface area contributed by atoms with Crippen molar-refractivity contribution in [2.45, 2.75) is 18.9 Å². The number of hydrogen-bond acceptors (Lipinski definition) is 6. The third-order valence-corrected chi connectivity index (χ3v) is 4.68. The summed E-state index contributed by atoms with van der Waals surface area (Å²) in [5.41, 5.74) is 3.89. The maximum Gasteiger partial charge on any atom is 0.326 e. The van der Waals surface area contributed by atoms with Crippen LogP contribution in [0.15, 0.2) is 30.6 Å². The minimum absolute atomic E-state index is 0.546. The fraction of sp³-hybridized carbons (Fsp3) is 0.353. The number of nitrogens with one attached hydrogen (secondary N) is 2. The molecule has 0 bridgehead atoms. The molecule has 0 unspecified atom stereocenters. The third-order valence-electron chi connectivity index (χ3n) is 4.04. The Morgan fingerprint density at radius 1 is 1.42 bits per heavy atom. The fourth-order valence-corrected chi connectivity index (χ4v) is 3.30. The molecule has 126 valence electrons. The number of rotatable bonds is 6. The second-order valence-corrected chi connectivity index (χ2v) is 6.57. The summed E-state index contributed by atoms with van der Waals surface area (Å²) in [6.07, 6.45) is 4.75. The number of carboxylic acid groups (broad SMARTS) is 1. The molecule has 0 saturated heterocycles. The highest BCUT2D eigenvalue weighted by Crippen LogP contribution is 2.34. The third kappa shape index (κ3) is 3.46. The molecule has 1 aromatic heterocycles. The largest absolute Gasteiger partial charge is 0.480 e. The lowest BCUT2D eigenvalue weighted by Crippen LogP contribution is -2.31. The van der Waals surface area contributed by atoms with Crippen LogP contribution in [-0.2, 0) is 11.2 Å². The highest BCUT2D eigenvalue weighted by Gasteiger charge is 2.23. The molecule has 1 atom stereocenters. The summed E-state index contributed by atoms with van der Waals surface area (Å²) in [6.45, 7) is 0.759. The molecule has 0 radical (unpaired) electrons. The molecule has 1 aromatic carbocycles. The summed E-state index contributed by atoms with van der Waals surface area (Å²) in [5.74, 6) is 0.539. The van der Waals surface area contributed by atoms with Gasteiger partial charge in [0.2, 0.25) is 0 Å². The van der Waals surface area contributed by atoms with Crippen molar-refractivity contribution in [3.63, 3.8) is 0 Å². The molecule has 3 N–H and O–H groups in total. The summed E-state index contributed by atoms with van der Waals surface area (Å²) in [4.78, 5) is 20.3. The van der Waals surface area contributed by atoms with E-state index in [1.807, 2.05) is 30.5 Å². The van der Waals surface area contributed by atoms with Gasteiger partial charge in [-0.15, -0.1) is 0 Å². The lowest BCUT2D eigenvalue weighted by atomic mass is 10.0. The van der Waals surface area contributed by atoms with Gasteiger partial charge < -0.3 is 15.7 Å². The number of thioether (sulfide) groups is 1. The molecular formula is C17H20N4O2S. The number of fused-ring (bicyclic) bond motifs is 3. The van der Waals surface area contributed by atoms with Gasteiger partial charge in [0.1, 0.15) is 18.2 Å². The molecular weight excluding hydrogens is 324 g/mol. The first-order valence-electron chi connectivity index (χ1n) is 7.86. The Balaban J connectivity index is 1.96. The van der Waals surface area contributed by atoms with E-state index in [2.05, 4.69) is 20.6 Å². The number of para-hydroxylation sites is 1. The van der Waals surface area contributed by atoms with E-state index in [1.165, 1.54) is 6.33 Å². The Morgan fingerprint density at radius 2 is 2.25 bits per heavy atom. The monoisotopic (exact) mass is 344 g/mol. The van der Waals surface area contributed by atoms with Crippen molar-refractivity contribution in [1.29, 1.82) is 0 Å². The van der Waals surface area contributed by atoms with Gasteiger partial charge in [0, 0.05) is 23.4 Å². The van der Waals surface area contributed by atoms with E-state index < -0.39 is 12.0 Å². The van der Waals surface area contributed by atoms with Crippen LogP contribution in [0.25, 0.3) is 11.3 Å². The molecule has 3 rings (SSSR count). The Labute approximate surface area is 145 Å². The van der Waals surface area contributed by atoms with E-state index in [0.29, 0.717) is 12.2 Å². The van der Waals surface area contributed by atoms with E-state index in [4.69, 9.17) is 0 Å². The van der Waals surface area contributed by atoms with Crippen molar-refractivity contribution in [2.75, 3.05) is 29.2 Å². The van der Waals surface area contributed by atoms with Crippen molar-refractivity contribution < 1.29 is 9.90 Å². The zero-order chi connectivity index (χ0) is 16.9. The van der Waals surface area contributed by atoms with Crippen LogP contribution in [0.2, 0.25) is 0 Å². The van der Waals surface area contributed by atoms with Gasteiger partial charge in [-0.2, -0.15) is 11.8 Å². The quantitative estimate of drug-likeness (QED) is 0.742. The number of aliphatic carboxylic acids is 1. The normalized spacial score (nSPS) is 13.9. The average molecular weight is 344 g/mol. The number of nitrogens with zero attached hydrogens (tertiary/aromatic N) is 2. The second kappa shape index (κ2) is 7.53. The lowest BCUT2D eigenvalue weighted by Gasteiger charge is -2.18. The average Bonchev–Trinajstić information content (AvgIpc) is 2.78. The van der Waals surface area contributed by atoms with Crippen LogP contribution in [-0.4, -0.2) is 45.6 Å². The van der Waals surface area contributed by atoms with Gasteiger partial charge in [0.05, 0.1) is 5.69 Å². The topological polar surface area (TPSA) is 87.1 Å². The van der Waals surface area contributed by atoms with Crippen LogP contribution in [0.3, 0.4) is 0 Å². The SMILES string of the molecule is CSCC[C@H](Nc1ncnc2c1CCNc1ccccc1-2)C(=O)O. The highest BCUT2D eigenvalue weighted by atomic mass is 32.2. The van der Waals surface area contributed by atoms with Gasteiger partial charge in [-0.05, 0) is 30.9 Å². The number of carbonyl (C=O) groups is 1. The van der Waals surface area contributed by atoms with Crippen molar-refractivity contribution in [3.05, 3.63) is 36.2 Å². The molecule has 0 aliphatic carbocycles. The Bertz CT molecular complexity index is 738. The van der Waals surface area contributed by atoms with Crippen LogP contribution in [0, 0.1) is 0 Å². The molecule has 2 aromatic rings. The van der Waals surface area contributed by atoms with Gasteiger partial charge in [-0.25, -0.2) is 14.8 Å². The maximum absolute atomic E-state index is 11.5. The van der Waals surface area contributed by atoms with Crippen LogP contribution < -0.4 is 10.6 Å². The predicted octanol–water partition coefficient (Wildman–Crippen LogP) is 2.73. The fourth-order valence-electron chi connectivity index (χ4n) is 2.83. The van der Waals surface area contributed by atoms with E-state index in [-0.39, 0.29) is 0 Å². The van der Waals surface area contributed by atoms with Crippen molar-refractivity contribution in [2.24, 2.45) is 0 Å². The first kappa shape index (κ1) is 16.6. The summed E-state index contributed by atoms with van der Waals surface area (Å²) in [7, 11) is 0. The molecule has 0 amide bonds. The van der Waals surface area contributed by atoms with Crippen LogP contribution in [0.5, 0.6) is 0 Å². The van der Waals surface area contributed by atoms with Crippen molar-refractivity contribution >= 4 is 29.2 Å². The van der Waals surface area contributed by atoms with Crippen LogP contribution in [0.1, 0.15) is 12.0 Å². The minimum Gasteiger partial charge on any atom is -0.480 e. The van der Waals surface area contributed by atoms with Gasteiger partial charge in [-0.3, -0.25) is 0 Å². The summed E-state index contributed by atoms with van der Waals surface area (Å²) in [5, 5.41) is 16.0. The van der Waals surface area contributed by atoms with Crippen LogP contribution >= 0.6 is 11.8 Å². The summed E-state index contributed by atoms with van der Waals surface area (Å²) in [6, 6.07) is 7.36. The molecule has 0 spiro atoms. The summed E-state index contributed by atoms with van der Waals surface area (Å²) < 4.78 is 0. The first-order valence-corrected chi connectivity index (χ1v) is 9.25. The Kier molecular flexibility index (Phi) is 5.20. The second-order valence-electron chi connectivity index (χ2n) is 5.59. The zero-order valence-electron chi connectivity index (χ0n) is 13.5. The molecule has 6 nitrogen and oxygen atoms in total. The lowest BCUT2D eigenvalue weighted by molar-refractivity contribution is -0.137. The predicted molar refractivity (Wildman–Crippen MR) is 97.7 cm³/mol. The van der Waals surface area contributed by atoms with Crippen molar-refractivity contribution in [1.82, 2.24) is 9.97 Å². The van der Waals surface area contributed by atoms with Gasteiger partial charge >= 0.3 is 5.97 Å². The standard InChI is InChI=1S/C17H20N4O2S/c1-24-9-7-14(17(22)23)21-16-12-6-8-18-13-5-3-2-4-11(13)15(12)19-10-20-16/h2-5,10,14,18H,6-9H2,1H3,(H,22,23)(H,19,20,21)/t14-/m0/s1. The molecule has 1 aliphatic heterocycles. The molecule has 24 heavy (non-hydrogen) atoms. The van der Waals surface area contributed by atoms with Gasteiger partial charge in [-0.1, -0.05) is 18.2 Å². The highest BCUT2D eigenvalue weighted by molar-refractivity contribution is 7.98. The molecule has 2 heterocycles. The Morgan fingerprint density at radius 3 is 3.04 bits per heavy atom. The minimum atomic E-state index is -0.858. The number of anilines is 2. The summed E-state index contributed by atoms with van der Waals surface area (Å²) >= 11 is 1.63. The number of carboxylic acids is 1. The molecule has 1 aliphatic rings. The number of benzene rings is 1. The van der Waals surface area contributed by atoms with E-state index in [1.54, 1.807) is 11.8 Å². The first-order chi connectivity index (χ1) is 11.7. The molecule has 0 saturated carbocycles. The maximum atomic E-state index is 11.5. The number of hydrogen-bond donors (Lipinski definition) is 3. The van der Waals surface area contributed by atoms with Gasteiger partial charge in [0.15, 0.2) is 0 Å². The van der Waals surface area contributed by atoms with Crippen LogP contribution in [0.4, 0.5) is 11.5 Å². The Hall–Kier alpha value is -2.28.